The summed E-state index contributed by atoms with van der Waals surface area (Å²) >= 11 is 0. The van der Waals surface area contributed by atoms with Gasteiger partial charge in [0.25, 0.3) is 0 Å². The summed E-state index contributed by atoms with van der Waals surface area (Å²) in [5.41, 5.74) is -0.0244. The normalized spacial score (nSPS) is 33.8. The van der Waals surface area contributed by atoms with E-state index in [4.69, 9.17) is 0 Å². The van der Waals surface area contributed by atoms with Crippen molar-refractivity contribution < 1.29 is 5.11 Å². The maximum atomic E-state index is 9.71. The van der Waals surface area contributed by atoms with E-state index in [0.29, 0.717) is 6.04 Å². The number of hydrogen-bond acceptors (Lipinski definition) is 4. The van der Waals surface area contributed by atoms with Gasteiger partial charge in [-0.05, 0) is 78.7 Å². The van der Waals surface area contributed by atoms with Crippen LogP contribution in [-0.4, -0.2) is 73.9 Å². The lowest BCUT2D eigenvalue weighted by atomic mass is 9.78. The lowest BCUT2D eigenvalue weighted by molar-refractivity contribution is 0.0434. The number of hydrogen-bond donors (Lipinski definition) is 2. The van der Waals surface area contributed by atoms with Crippen molar-refractivity contribution in [2.75, 3.05) is 47.4 Å². The summed E-state index contributed by atoms with van der Waals surface area (Å²) in [7, 11) is 6.36. The molecule has 1 aliphatic heterocycles. The van der Waals surface area contributed by atoms with Gasteiger partial charge in [0, 0.05) is 18.1 Å². The van der Waals surface area contributed by atoms with E-state index < -0.39 is 0 Å². The van der Waals surface area contributed by atoms with Gasteiger partial charge < -0.3 is 20.2 Å². The van der Waals surface area contributed by atoms with Gasteiger partial charge in [0.15, 0.2) is 0 Å². The van der Waals surface area contributed by atoms with Gasteiger partial charge in [-0.2, -0.15) is 0 Å². The number of likely N-dealkylation sites (N-methyl/N-ethyl adjacent to an activating group) is 1. The quantitative estimate of drug-likeness (QED) is 0.794. The summed E-state index contributed by atoms with van der Waals surface area (Å²) in [5, 5.41) is 13.1. The lowest BCUT2D eigenvalue weighted by Crippen LogP contribution is -2.55. The van der Waals surface area contributed by atoms with Crippen LogP contribution in [-0.2, 0) is 0 Å². The Bertz CT molecular complexity index is 283. The molecule has 0 aromatic heterocycles. The number of rotatable bonds is 5. The minimum atomic E-state index is -0.0244. The van der Waals surface area contributed by atoms with Crippen molar-refractivity contribution in [3.8, 4) is 0 Å². The van der Waals surface area contributed by atoms with E-state index in [2.05, 4.69) is 29.2 Å². The zero-order valence-corrected chi connectivity index (χ0v) is 13.6. The Labute approximate surface area is 124 Å². The monoisotopic (exact) mass is 283 g/mol. The van der Waals surface area contributed by atoms with Gasteiger partial charge in [0.05, 0.1) is 6.61 Å². The number of likely N-dealkylation sites (tertiary alicyclic amines) is 1. The molecule has 20 heavy (non-hydrogen) atoms. The van der Waals surface area contributed by atoms with Gasteiger partial charge >= 0.3 is 0 Å². The maximum absolute atomic E-state index is 9.71. The Morgan fingerprint density at radius 1 is 1.25 bits per heavy atom. The van der Waals surface area contributed by atoms with Crippen LogP contribution in [0.4, 0.5) is 0 Å². The molecule has 118 valence electrons. The number of aliphatic hydroxyl groups excluding tert-OH is 1. The first-order chi connectivity index (χ1) is 9.58. The standard InChI is InChI=1S/C16H33N3O/c1-17-16(13-20)8-4-5-15(11-16)19-9-6-14(7-10-19)12-18(2)3/h14-15,17,20H,4-13H2,1-3H3. The molecule has 2 atom stereocenters. The highest BCUT2D eigenvalue weighted by Gasteiger charge is 2.37. The molecule has 0 aromatic carbocycles. The molecule has 2 rings (SSSR count). The molecule has 2 fully saturated rings. The molecule has 1 heterocycles. The van der Waals surface area contributed by atoms with Gasteiger partial charge in [-0.25, -0.2) is 0 Å². The van der Waals surface area contributed by atoms with E-state index in [1.165, 1.54) is 45.3 Å². The fraction of sp³-hybridized carbons (Fsp3) is 1.00. The summed E-state index contributed by atoms with van der Waals surface area (Å²) < 4.78 is 0. The van der Waals surface area contributed by atoms with Gasteiger partial charge in [-0.3, -0.25) is 0 Å². The van der Waals surface area contributed by atoms with E-state index in [-0.39, 0.29) is 12.1 Å². The lowest BCUT2D eigenvalue weighted by Gasteiger charge is -2.46. The summed E-state index contributed by atoms with van der Waals surface area (Å²) in [5.74, 6) is 0.872. The Morgan fingerprint density at radius 2 is 1.95 bits per heavy atom. The third-order valence-electron chi connectivity index (χ3n) is 5.44. The van der Waals surface area contributed by atoms with Crippen molar-refractivity contribution in [1.82, 2.24) is 15.1 Å². The molecule has 0 radical (unpaired) electrons. The molecule has 1 saturated heterocycles. The summed E-state index contributed by atoms with van der Waals surface area (Å²) in [4.78, 5) is 5.01. The fourth-order valence-electron chi connectivity index (χ4n) is 4.11. The highest BCUT2D eigenvalue weighted by molar-refractivity contribution is 4.96. The van der Waals surface area contributed by atoms with Crippen LogP contribution in [0.5, 0.6) is 0 Å². The molecule has 1 aliphatic carbocycles. The third kappa shape index (κ3) is 3.94. The smallest absolute Gasteiger partial charge is 0.0613 e. The number of nitrogens with zero attached hydrogens (tertiary/aromatic N) is 2. The molecule has 1 saturated carbocycles. The predicted molar refractivity (Wildman–Crippen MR) is 84.0 cm³/mol. The zero-order valence-electron chi connectivity index (χ0n) is 13.6. The second-order valence-electron chi connectivity index (χ2n) is 7.18. The Morgan fingerprint density at radius 3 is 2.50 bits per heavy atom. The van der Waals surface area contributed by atoms with E-state index in [0.717, 1.165) is 18.8 Å². The van der Waals surface area contributed by atoms with Gasteiger partial charge in [-0.15, -0.1) is 0 Å². The fourth-order valence-corrected chi connectivity index (χ4v) is 4.11. The van der Waals surface area contributed by atoms with Gasteiger partial charge in [-0.1, -0.05) is 0 Å². The first-order valence-electron chi connectivity index (χ1n) is 8.27. The molecule has 0 aromatic rings. The minimum absolute atomic E-state index is 0.0244. The Balaban J connectivity index is 1.84. The molecule has 2 aliphatic rings. The van der Waals surface area contributed by atoms with Crippen molar-refractivity contribution in [2.24, 2.45) is 5.92 Å². The van der Waals surface area contributed by atoms with Crippen LogP contribution >= 0.6 is 0 Å². The van der Waals surface area contributed by atoms with Gasteiger partial charge in [0.1, 0.15) is 0 Å². The number of aliphatic hydroxyl groups is 1. The third-order valence-corrected chi connectivity index (χ3v) is 5.44. The summed E-state index contributed by atoms with van der Waals surface area (Å²) in [6.07, 6.45) is 7.44. The van der Waals surface area contributed by atoms with Crippen LogP contribution < -0.4 is 5.32 Å². The van der Waals surface area contributed by atoms with Crippen molar-refractivity contribution in [3.05, 3.63) is 0 Å². The second kappa shape index (κ2) is 7.21. The SMILES string of the molecule is CNC1(CO)CCCC(N2CCC(CN(C)C)CC2)C1. The average Bonchev–Trinajstić information content (AvgIpc) is 2.47. The van der Waals surface area contributed by atoms with Crippen molar-refractivity contribution in [2.45, 2.75) is 50.1 Å². The molecular weight excluding hydrogens is 250 g/mol. The first kappa shape index (κ1) is 16.2. The minimum Gasteiger partial charge on any atom is -0.394 e. The molecule has 0 bridgehead atoms. The molecular formula is C16H33N3O. The van der Waals surface area contributed by atoms with Crippen LogP contribution in [0.25, 0.3) is 0 Å². The van der Waals surface area contributed by atoms with Crippen LogP contribution in [0.15, 0.2) is 0 Å². The van der Waals surface area contributed by atoms with Gasteiger partial charge in [0.2, 0.25) is 0 Å². The van der Waals surface area contributed by atoms with E-state index in [1.54, 1.807) is 0 Å². The maximum Gasteiger partial charge on any atom is 0.0613 e. The van der Waals surface area contributed by atoms with Crippen molar-refractivity contribution >= 4 is 0 Å². The predicted octanol–water partition coefficient (Wildman–Crippen LogP) is 1.15. The summed E-state index contributed by atoms with van der Waals surface area (Å²) in [6, 6.07) is 0.670. The summed E-state index contributed by atoms with van der Waals surface area (Å²) in [6.45, 7) is 4.00. The highest BCUT2D eigenvalue weighted by atomic mass is 16.3. The van der Waals surface area contributed by atoms with E-state index in [1.807, 2.05) is 7.05 Å². The van der Waals surface area contributed by atoms with Crippen molar-refractivity contribution in [3.63, 3.8) is 0 Å². The van der Waals surface area contributed by atoms with Crippen molar-refractivity contribution in [1.29, 1.82) is 0 Å². The second-order valence-corrected chi connectivity index (χ2v) is 7.18. The Kier molecular flexibility index (Phi) is 5.84. The zero-order chi connectivity index (χ0) is 14.6. The van der Waals surface area contributed by atoms with E-state index in [9.17, 15) is 5.11 Å². The van der Waals surface area contributed by atoms with Crippen LogP contribution in [0.2, 0.25) is 0 Å². The molecule has 2 N–H and O–H groups in total. The van der Waals surface area contributed by atoms with Crippen LogP contribution in [0.1, 0.15) is 38.5 Å². The molecule has 2 unspecified atom stereocenters. The highest BCUT2D eigenvalue weighted by Crippen LogP contribution is 2.32. The van der Waals surface area contributed by atoms with Crippen LogP contribution in [0, 0.1) is 5.92 Å². The number of piperidine rings is 1. The largest absolute Gasteiger partial charge is 0.394 e. The molecule has 4 nitrogen and oxygen atoms in total. The average molecular weight is 283 g/mol. The molecule has 4 heteroatoms. The Hall–Kier alpha value is -0.160. The molecule has 0 amide bonds. The van der Waals surface area contributed by atoms with E-state index >= 15 is 0 Å². The van der Waals surface area contributed by atoms with Crippen LogP contribution in [0.3, 0.4) is 0 Å². The number of nitrogens with one attached hydrogen (secondary N) is 1. The first-order valence-corrected chi connectivity index (χ1v) is 8.27. The topological polar surface area (TPSA) is 38.7 Å². The molecule has 0 spiro atoms.